The number of nitrogens with zero attached hydrogens (tertiary/aromatic N) is 4. The van der Waals surface area contributed by atoms with E-state index in [1.165, 1.54) is 11.0 Å². The zero-order valence-corrected chi connectivity index (χ0v) is 19.9. The van der Waals surface area contributed by atoms with Gasteiger partial charge in [0.05, 0.1) is 22.6 Å². The third-order valence-corrected chi connectivity index (χ3v) is 5.97. The molecular weight excluding hydrogens is 481 g/mol. The van der Waals surface area contributed by atoms with Gasteiger partial charge < -0.3 is 5.32 Å². The zero-order valence-electron chi connectivity index (χ0n) is 19.9. The van der Waals surface area contributed by atoms with Crippen LogP contribution in [0.2, 0.25) is 0 Å². The lowest BCUT2D eigenvalue weighted by Crippen LogP contribution is -2.36. The van der Waals surface area contributed by atoms with E-state index in [4.69, 9.17) is 0 Å². The maximum absolute atomic E-state index is 13.4. The van der Waals surface area contributed by atoms with Crippen molar-refractivity contribution in [3.8, 4) is 22.5 Å². The Hall–Kier alpha value is -4.47. The number of rotatable bonds is 3. The molecule has 37 heavy (non-hydrogen) atoms. The number of alkyl halides is 3. The van der Waals surface area contributed by atoms with Gasteiger partial charge >= 0.3 is 12.2 Å². The number of hydrogen-bond donors (Lipinski definition) is 2. The molecule has 2 aromatic carbocycles. The lowest BCUT2D eigenvalue weighted by Gasteiger charge is -2.22. The summed E-state index contributed by atoms with van der Waals surface area (Å²) in [5.74, 6) is 0.461. The Kier molecular flexibility index (Phi) is 6.47. The van der Waals surface area contributed by atoms with Gasteiger partial charge in [0.2, 0.25) is 5.95 Å². The van der Waals surface area contributed by atoms with E-state index in [1.807, 2.05) is 37.3 Å². The van der Waals surface area contributed by atoms with Gasteiger partial charge in [0, 0.05) is 30.4 Å². The van der Waals surface area contributed by atoms with Crippen LogP contribution >= 0.6 is 0 Å². The lowest BCUT2D eigenvalue weighted by atomic mass is 10.1. The number of amides is 2. The monoisotopic (exact) mass is 504 g/mol. The molecule has 2 amide bonds. The molecule has 1 aliphatic heterocycles. The molecule has 0 bridgehead atoms. The minimum Gasteiger partial charge on any atom is -0.382 e. The molecule has 3 heterocycles. The van der Waals surface area contributed by atoms with Gasteiger partial charge in [0.1, 0.15) is 0 Å². The average Bonchev–Trinajstić information content (AvgIpc) is 3.12. The molecule has 0 aliphatic carbocycles. The van der Waals surface area contributed by atoms with Crippen LogP contribution in [0.1, 0.15) is 17.5 Å². The third kappa shape index (κ3) is 5.23. The van der Waals surface area contributed by atoms with Crippen molar-refractivity contribution in [2.45, 2.75) is 19.5 Å². The van der Waals surface area contributed by atoms with Crippen molar-refractivity contribution in [1.29, 1.82) is 0 Å². The summed E-state index contributed by atoms with van der Waals surface area (Å²) in [6.45, 7) is 2.85. The van der Waals surface area contributed by atoms with Crippen LogP contribution in [-0.4, -0.2) is 34.1 Å². The highest BCUT2D eigenvalue weighted by atomic mass is 19.4. The molecule has 7 nitrogen and oxygen atoms in total. The van der Waals surface area contributed by atoms with Crippen molar-refractivity contribution in [2.75, 3.05) is 28.6 Å². The van der Waals surface area contributed by atoms with E-state index in [2.05, 4.69) is 25.6 Å². The topological polar surface area (TPSA) is 83.0 Å². The SMILES string of the molecule is Cc1cnc(NC(=O)N2CCCNc3ccc(-c4cccc(C(F)(F)F)c4)nc32)nc1-c1ccccc1. The number of halogens is 3. The van der Waals surface area contributed by atoms with Crippen LogP contribution in [0.3, 0.4) is 0 Å². The number of carbonyl (C=O) groups is 1. The Morgan fingerprint density at radius 3 is 2.57 bits per heavy atom. The Morgan fingerprint density at radius 1 is 1.00 bits per heavy atom. The second-order valence-corrected chi connectivity index (χ2v) is 8.60. The molecule has 0 atom stereocenters. The number of fused-ring (bicyclic) bond motifs is 1. The first-order valence-electron chi connectivity index (χ1n) is 11.7. The molecule has 0 fully saturated rings. The number of benzene rings is 2. The van der Waals surface area contributed by atoms with Gasteiger partial charge in [-0.25, -0.2) is 19.7 Å². The van der Waals surface area contributed by atoms with Crippen LogP contribution in [0.25, 0.3) is 22.5 Å². The van der Waals surface area contributed by atoms with E-state index in [1.54, 1.807) is 24.4 Å². The second-order valence-electron chi connectivity index (χ2n) is 8.60. The van der Waals surface area contributed by atoms with Gasteiger partial charge in [0.25, 0.3) is 0 Å². The molecule has 1 aliphatic rings. The summed E-state index contributed by atoms with van der Waals surface area (Å²) in [6, 6.07) is 17.4. The van der Waals surface area contributed by atoms with Crippen molar-refractivity contribution in [2.24, 2.45) is 0 Å². The fraction of sp³-hybridized carbons (Fsp3) is 0.185. The van der Waals surface area contributed by atoms with Gasteiger partial charge in [-0.15, -0.1) is 0 Å². The number of hydrogen-bond acceptors (Lipinski definition) is 5. The van der Waals surface area contributed by atoms with E-state index >= 15 is 0 Å². The highest BCUT2D eigenvalue weighted by molar-refractivity contribution is 6.02. The van der Waals surface area contributed by atoms with E-state index in [9.17, 15) is 18.0 Å². The Balaban J connectivity index is 1.46. The van der Waals surface area contributed by atoms with Crippen molar-refractivity contribution in [3.63, 3.8) is 0 Å². The van der Waals surface area contributed by atoms with Crippen LogP contribution in [0.4, 0.5) is 35.4 Å². The minimum atomic E-state index is -4.47. The number of pyridine rings is 1. The quantitative estimate of drug-likeness (QED) is 0.338. The highest BCUT2D eigenvalue weighted by Gasteiger charge is 2.31. The highest BCUT2D eigenvalue weighted by Crippen LogP contribution is 2.34. The van der Waals surface area contributed by atoms with Crippen molar-refractivity contribution in [1.82, 2.24) is 15.0 Å². The van der Waals surface area contributed by atoms with E-state index in [0.717, 1.165) is 23.3 Å². The molecule has 188 valence electrons. The van der Waals surface area contributed by atoms with Crippen LogP contribution in [-0.2, 0) is 6.18 Å². The summed E-state index contributed by atoms with van der Waals surface area (Å²) in [4.78, 5) is 28.2. The van der Waals surface area contributed by atoms with E-state index < -0.39 is 17.8 Å². The molecule has 0 unspecified atom stereocenters. The number of aromatic nitrogens is 3. The average molecular weight is 505 g/mol. The Labute approximate surface area is 211 Å². The summed E-state index contributed by atoms with van der Waals surface area (Å²) in [6.07, 6.45) is -2.18. The normalized spacial score (nSPS) is 13.4. The molecule has 5 rings (SSSR count). The van der Waals surface area contributed by atoms with Crippen molar-refractivity contribution in [3.05, 3.63) is 84.1 Å². The van der Waals surface area contributed by atoms with E-state index in [-0.39, 0.29) is 5.95 Å². The number of anilines is 3. The number of nitrogens with one attached hydrogen (secondary N) is 2. The maximum Gasteiger partial charge on any atom is 0.416 e. The number of aryl methyl sites for hydroxylation is 1. The number of urea groups is 1. The van der Waals surface area contributed by atoms with Gasteiger partial charge in [-0.2, -0.15) is 13.2 Å². The van der Waals surface area contributed by atoms with Crippen LogP contribution < -0.4 is 15.5 Å². The first kappa shape index (κ1) is 24.2. The summed E-state index contributed by atoms with van der Waals surface area (Å²) in [5, 5.41) is 5.98. The first-order chi connectivity index (χ1) is 17.8. The lowest BCUT2D eigenvalue weighted by molar-refractivity contribution is -0.137. The molecule has 0 radical (unpaired) electrons. The Bertz CT molecular complexity index is 1440. The zero-order chi connectivity index (χ0) is 26.0. The fourth-order valence-corrected chi connectivity index (χ4v) is 4.13. The third-order valence-electron chi connectivity index (χ3n) is 5.97. The molecular formula is C27H23F3N6O. The van der Waals surface area contributed by atoms with Gasteiger partial charge in [0.15, 0.2) is 5.82 Å². The molecule has 10 heteroatoms. The second kappa shape index (κ2) is 9.88. The predicted molar refractivity (Wildman–Crippen MR) is 136 cm³/mol. The maximum atomic E-state index is 13.4. The van der Waals surface area contributed by atoms with Gasteiger partial charge in [-0.1, -0.05) is 42.5 Å². The Morgan fingerprint density at radius 2 is 1.78 bits per heavy atom. The first-order valence-corrected chi connectivity index (χ1v) is 11.7. The standard InChI is InChI=1S/C27H23F3N6O/c1-17-16-32-25(34-23(17)18-7-3-2-4-8-18)35-26(37)36-14-6-13-31-22-12-11-21(33-24(22)36)19-9-5-10-20(15-19)27(28,29)30/h2-5,7-12,15-16,31H,6,13-14H2,1H3,(H,32,34,35,37). The summed E-state index contributed by atoms with van der Waals surface area (Å²) in [5.41, 5.74) is 2.93. The molecule has 2 N–H and O–H groups in total. The van der Waals surface area contributed by atoms with Gasteiger partial charge in [-0.3, -0.25) is 10.2 Å². The van der Waals surface area contributed by atoms with Crippen LogP contribution in [0.15, 0.2) is 72.9 Å². The fourth-order valence-electron chi connectivity index (χ4n) is 4.13. The molecule has 0 saturated carbocycles. The molecule has 0 spiro atoms. The van der Waals surface area contributed by atoms with Crippen molar-refractivity contribution >= 4 is 23.5 Å². The summed E-state index contributed by atoms with van der Waals surface area (Å²) >= 11 is 0. The molecule has 0 saturated heterocycles. The number of carbonyl (C=O) groups excluding carboxylic acids is 1. The van der Waals surface area contributed by atoms with Crippen LogP contribution in [0, 0.1) is 6.92 Å². The van der Waals surface area contributed by atoms with Gasteiger partial charge in [-0.05, 0) is 43.2 Å². The minimum absolute atomic E-state index is 0.141. The molecule has 4 aromatic rings. The summed E-state index contributed by atoms with van der Waals surface area (Å²) in [7, 11) is 0. The van der Waals surface area contributed by atoms with Crippen LogP contribution in [0.5, 0.6) is 0 Å². The molecule has 2 aromatic heterocycles. The largest absolute Gasteiger partial charge is 0.416 e. The summed E-state index contributed by atoms with van der Waals surface area (Å²) < 4.78 is 39.7. The van der Waals surface area contributed by atoms with Crippen molar-refractivity contribution < 1.29 is 18.0 Å². The van der Waals surface area contributed by atoms with E-state index in [0.29, 0.717) is 48.0 Å². The smallest absolute Gasteiger partial charge is 0.382 e. The predicted octanol–water partition coefficient (Wildman–Crippen LogP) is 6.39.